The van der Waals surface area contributed by atoms with Crippen LogP contribution in [0.2, 0.25) is 0 Å². The van der Waals surface area contributed by atoms with Crippen molar-refractivity contribution in [2.24, 2.45) is 5.73 Å². The van der Waals surface area contributed by atoms with Crippen molar-refractivity contribution in [2.75, 3.05) is 24.3 Å². The molecule has 23 heavy (non-hydrogen) atoms. The molecule has 1 aromatic heterocycles. The second-order valence-electron chi connectivity index (χ2n) is 5.34. The molecule has 0 fully saturated rings. The van der Waals surface area contributed by atoms with E-state index in [2.05, 4.69) is 15.3 Å². The molecular formula is C17H17N5O. The Labute approximate surface area is 134 Å². The number of para-hydroxylation sites is 2. The number of primary amides is 1. The zero-order chi connectivity index (χ0) is 16.4. The number of rotatable bonds is 4. The van der Waals surface area contributed by atoms with E-state index in [1.807, 2.05) is 61.5 Å². The van der Waals surface area contributed by atoms with Crippen LogP contribution in [0.3, 0.4) is 0 Å². The molecule has 0 aliphatic carbocycles. The van der Waals surface area contributed by atoms with Gasteiger partial charge in [0.2, 0.25) is 0 Å². The maximum absolute atomic E-state index is 11.7. The molecule has 0 saturated carbocycles. The quantitative estimate of drug-likeness (QED) is 0.774. The van der Waals surface area contributed by atoms with E-state index in [1.165, 1.54) is 0 Å². The third kappa shape index (κ3) is 3.06. The standard InChI is InChI=1S/C17H17N5O/c1-22(2)12-9-7-11(8-10-12)19-17-15(16(18)23)20-13-5-3-4-6-14(13)21-17/h3-10H,1-2H3,(H2,18,23)(H,19,21). The Morgan fingerprint density at radius 3 is 2.17 bits per heavy atom. The lowest BCUT2D eigenvalue weighted by atomic mass is 10.2. The minimum atomic E-state index is -0.615. The average Bonchev–Trinajstić information content (AvgIpc) is 2.54. The lowest BCUT2D eigenvalue weighted by molar-refractivity contribution is 0.0996. The summed E-state index contributed by atoms with van der Waals surface area (Å²) in [5.74, 6) is -0.260. The van der Waals surface area contributed by atoms with Crippen LogP contribution in [-0.2, 0) is 0 Å². The van der Waals surface area contributed by atoms with Crippen LogP contribution in [0.5, 0.6) is 0 Å². The summed E-state index contributed by atoms with van der Waals surface area (Å²) in [5.41, 5.74) is 8.78. The van der Waals surface area contributed by atoms with Crippen LogP contribution < -0.4 is 16.0 Å². The van der Waals surface area contributed by atoms with E-state index >= 15 is 0 Å². The van der Waals surface area contributed by atoms with Crippen LogP contribution in [0.4, 0.5) is 17.2 Å². The molecule has 3 aromatic rings. The zero-order valence-electron chi connectivity index (χ0n) is 12.9. The Hall–Kier alpha value is -3.15. The number of aromatic nitrogens is 2. The number of carbonyl (C=O) groups is 1. The van der Waals surface area contributed by atoms with Crippen molar-refractivity contribution in [1.82, 2.24) is 9.97 Å². The molecule has 0 aliphatic heterocycles. The third-order valence-corrected chi connectivity index (χ3v) is 3.45. The number of benzene rings is 2. The van der Waals surface area contributed by atoms with Crippen molar-refractivity contribution in [1.29, 1.82) is 0 Å². The van der Waals surface area contributed by atoms with E-state index in [0.29, 0.717) is 16.9 Å². The van der Waals surface area contributed by atoms with Gasteiger partial charge in [0, 0.05) is 25.5 Å². The number of hydrogen-bond acceptors (Lipinski definition) is 5. The Balaban J connectivity index is 2.00. The largest absolute Gasteiger partial charge is 0.378 e. The summed E-state index contributed by atoms with van der Waals surface area (Å²) in [5, 5.41) is 3.12. The summed E-state index contributed by atoms with van der Waals surface area (Å²) in [6, 6.07) is 15.1. The lowest BCUT2D eigenvalue weighted by Gasteiger charge is -2.14. The summed E-state index contributed by atoms with van der Waals surface area (Å²) >= 11 is 0. The fraction of sp³-hybridized carbons (Fsp3) is 0.118. The van der Waals surface area contributed by atoms with Gasteiger partial charge in [-0.05, 0) is 36.4 Å². The predicted octanol–water partition coefficient (Wildman–Crippen LogP) is 2.54. The number of nitrogens with one attached hydrogen (secondary N) is 1. The van der Waals surface area contributed by atoms with Gasteiger partial charge in [0.05, 0.1) is 11.0 Å². The van der Waals surface area contributed by atoms with Crippen LogP contribution in [0, 0.1) is 0 Å². The molecule has 0 atom stereocenters. The van der Waals surface area contributed by atoms with E-state index in [4.69, 9.17) is 5.73 Å². The Kier molecular flexibility index (Phi) is 3.80. The maximum Gasteiger partial charge on any atom is 0.271 e. The van der Waals surface area contributed by atoms with Gasteiger partial charge in [-0.15, -0.1) is 0 Å². The van der Waals surface area contributed by atoms with E-state index in [1.54, 1.807) is 6.07 Å². The Bertz CT molecular complexity index is 858. The summed E-state index contributed by atoms with van der Waals surface area (Å²) in [6.07, 6.45) is 0. The zero-order valence-corrected chi connectivity index (χ0v) is 12.9. The van der Waals surface area contributed by atoms with Crippen molar-refractivity contribution in [3.8, 4) is 0 Å². The van der Waals surface area contributed by atoms with Crippen molar-refractivity contribution in [2.45, 2.75) is 0 Å². The molecule has 6 nitrogen and oxygen atoms in total. The highest BCUT2D eigenvalue weighted by atomic mass is 16.1. The Morgan fingerprint density at radius 1 is 1.00 bits per heavy atom. The SMILES string of the molecule is CN(C)c1ccc(Nc2nc3ccccc3nc2C(N)=O)cc1. The van der Waals surface area contributed by atoms with Crippen LogP contribution in [0.1, 0.15) is 10.5 Å². The second-order valence-corrected chi connectivity index (χ2v) is 5.34. The van der Waals surface area contributed by atoms with Crippen molar-refractivity contribution >= 4 is 34.1 Å². The third-order valence-electron chi connectivity index (χ3n) is 3.45. The fourth-order valence-electron chi connectivity index (χ4n) is 2.24. The minimum absolute atomic E-state index is 0.125. The number of fused-ring (bicyclic) bond motifs is 1. The van der Waals surface area contributed by atoms with Crippen molar-refractivity contribution < 1.29 is 4.79 Å². The van der Waals surface area contributed by atoms with Gasteiger partial charge in [-0.1, -0.05) is 12.1 Å². The molecule has 3 N–H and O–H groups in total. The van der Waals surface area contributed by atoms with Crippen LogP contribution in [0.15, 0.2) is 48.5 Å². The van der Waals surface area contributed by atoms with Crippen LogP contribution in [0.25, 0.3) is 11.0 Å². The molecule has 1 heterocycles. The van der Waals surface area contributed by atoms with Gasteiger partial charge in [-0.2, -0.15) is 0 Å². The van der Waals surface area contributed by atoms with Crippen LogP contribution >= 0.6 is 0 Å². The van der Waals surface area contributed by atoms with Crippen molar-refractivity contribution in [3.05, 3.63) is 54.2 Å². The molecule has 1 amide bonds. The molecule has 0 spiro atoms. The normalized spacial score (nSPS) is 10.5. The van der Waals surface area contributed by atoms with Crippen molar-refractivity contribution in [3.63, 3.8) is 0 Å². The molecule has 0 radical (unpaired) electrons. The first-order chi connectivity index (χ1) is 11.0. The number of nitrogens with two attached hydrogens (primary N) is 1. The summed E-state index contributed by atoms with van der Waals surface area (Å²) in [4.78, 5) is 22.5. The first kappa shape index (κ1) is 14.8. The lowest BCUT2D eigenvalue weighted by Crippen LogP contribution is -2.16. The molecule has 0 aliphatic rings. The predicted molar refractivity (Wildman–Crippen MR) is 92.1 cm³/mol. The van der Waals surface area contributed by atoms with Gasteiger partial charge in [0.1, 0.15) is 0 Å². The Morgan fingerprint density at radius 2 is 1.61 bits per heavy atom. The highest BCUT2D eigenvalue weighted by Crippen LogP contribution is 2.22. The topological polar surface area (TPSA) is 84.1 Å². The minimum Gasteiger partial charge on any atom is -0.378 e. The molecular weight excluding hydrogens is 290 g/mol. The number of anilines is 3. The van der Waals surface area contributed by atoms with Gasteiger partial charge >= 0.3 is 0 Å². The highest BCUT2D eigenvalue weighted by Gasteiger charge is 2.14. The number of hydrogen-bond donors (Lipinski definition) is 2. The molecule has 0 saturated heterocycles. The summed E-state index contributed by atoms with van der Waals surface area (Å²) in [6.45, 7) is 0. The average molecular weight is 307 g/mol. The van der Waals surface area contributed by atoms with E-state index in [0.717, 1.165) is 11.4 Å². The number of nitrogens with zero attached hydrogens (tertiary/aromatic N) is 3. The molecule has 3 rings (SSSR count). The highest BCUT2D eigenvalue weighted by molar-refractivity contribution is 5.98. The molecule has 2 aromatic carbocycles. The maximum atomic E-state index is 11.7. The van der Waals surface area contributed by atoms with Crippen LogP contribution in [-0.4, -0.2) is 30.0 Å². The van der Waals surface area contributed by atoms with Gasteiger partial charge in [-0.25, -0.2) is 9.97 Å². The second kappa shape index (κ2) is 5.92. The van der Waals surface area contributed by atoms with Gasteiger partial charge in [-0.3, -0.25) is 4.79 Å². The van der Waals surface area contributed by atoms with E-state index < -0.39 is 5.91 Å². The molecule has 6 heteroatoms. The van der Waals surface area contributed by atoms with Gasteiger partial charge < -0.3 is 16.0 Å². The summed E-state index contributed by atoms with van der Waals surface area (Å²) < 4.78 is 0. The van der Waals surface area contributed by atoms with Gasteiger partial charge in [0.15, 0.2) is 11.5 Å². The van der Waals surface area contributed by atoms with E-state index in [9.17, 15) is 4.79 Å². The molecule has 116 valence electrons. The van der Waals surface area contributed by atoms with E-state index in [-0.39, 0.29) is 5.69 Å². The molecule has 0 bridgehead atoms. The number of amides is 1. The molecule has 0 unspecified atom stereocenters. The summed E-state index contributed by atoms with van der Waals surface area (Å²) in [7, 11) is 3.95. The fourth-order valence-corrected chi connectivity index (χ4v) is 2.24. The first-order valence-electron chi connectivity index (χ1n) is 7.15. The smallest absolute Gasteiger partial charge is 0.271 e. The van der Waals surface area contributed by atoms with Gasteiger partial charge in [0.25, 0.3) is 5.91 Å². The monoisotopic (exact) mass is 307 g/mol. The first-order valence-corrected chi connectivity index (χ1v) is 7.15. The number of carbonyl (C=O) groups excluding carboxylic acids is 1.